The molecule has 0 heterocycles. The molecule has 0 fully saturated rings. The van der Waals surface area contributed by atoms with E-state index < -0.39 is 0 Å². The molecule has 0 atom stereocenters. The number of carbonyl (C=O) groups is 1. The third-order valence-corrected chi connectivity index (χ3v) is 3.05. The molecule has 0 unspecified atom stereocenters. The molecule has 0 spiro atoms. The van der Waals surface area contributed by atoms with Gasteiger partial charge < -0.3 is 15.8 Å². The lowest BCUT2D eigenvalue weighted by atomic mass is 10.1. The number of rotatable bonds is 6. The van der Waals surface area contributed by atoms with Crippen LogP contribution in [0.15, 0.2) is 60.7 Å². The predicted molar refractivity (Wildman–Crippen MR) is 88.8 cm³/mol. The van der Waals surface area contributed by atoms with E-state index in [1.807, 2.05) is 37.3 Å². The van der Waals surface area contributed by atoms with Crippen molar-refractivity contribution < 1.29 is 9.53 Å². The van der Waals surface area contributed by atoms with Crippen LogP contribution in [-0.2, 0) is 6.54 Å². The number of amides is 1. The molecule has 2 aromatic carbocycles. The van der Waals surface area contributed by atoms with Crippen molar-refractivity contribution in [3.8, 4) is 5.75 Å². The molecule has 0 aromatic heterocycles. The van der Waals surface area contributed by atoms with Crippen LogP contribution in [0.4, 0.5) is 5.69 Å². The summed E-state index contributed by atoms with van der Waals surface area (Å²) in [4.78, 5) is 12.2. The molecule has 0 aliphatic heterocycles. The minimum atomic E-state index is -0.163. The van der Waals surface area contributed by atoms with Gasteiger partial charge in [-0.15, -0.1) is 0 Å². The maximum absolute atomic E-state index is 12.2. The van der Waals surface area contributed by atoms with E-state index in [1.54, 1.807) is 18.2 Å². The van der Waals surface area contributed by atoms with Crippen LogP contribution in [0.1, 0.15) is 22.8 Å². The molecule has 2 aromatic rings. The highest BCUT2D eigenvalue weighted by molar-refractivity contribution is 5.95. The topological polar surface area (TPSA) is 64.3 Å². The van der Waals surface area contributed by atoms with Crippen molar-refractivity contribution in [1.82, 2.24) is 5.32 Å². The number of hydrogen-bond acceptors (Lipinski definition) is 3. The van der Waals surface area contributed by atoms with Gasteiger partial charge in [0.25, 0.3) is 5.91 Å². The van der Waals surface area contributed by atoms with Gasteiger partial charge in [-0.05, 0) is 36.3 Å². The Bertz CT molecular complexity index is 666. The third-order valence-electron chi connectivity index (χ3n) is 3.05. The van der Waals surface area contributed by atoms with Crippen LogP contribution >= 0.6 is 0 Å². The predicted octanol–water partition coefficient (Wildman–Crippen LogP) is 3.15. The quantitative estimate of drug-likeness (QED) is 0.636. The zero-order chi connectivity index (χ0) is 15.9. The van der Waals surface area contributed by atoms with Gasteiger partial charge in [-0.3, -0.25) is 4.79 Å². The number of benzene rings is 2. The number of ether oxygens (including phenoxy) is 1. The lowest BCUT2D eigenvalue weighted by molar-refractivity contribution is 0.0950. The highest BCUT2D eigenvalue weighted by Crippen LogP contribution is 2.23. The molecule has 0 aliphatic carbocycles. The molecular weight excluding hydrogens is 276 g/mol. The monoisotopic (exact) mass is 296 g/mol. The van der Waals surface area contributed by atoms with Crippen LogP contribution in [0.25, 0.3) is 0 Å². The first-order valence-corrected chi connectivity index (χ1v) is 7.05. The Morgan fingerprint density at radius 2 is 1.95 bits per heavy atom. The third kappa shape index (κ3) is 4.38. The van der Waals surface area contributed by atoms with Crippen molar-refractivity contribution in [2.24, 2.45) is 0 Å². The van der Waals surface area contributed by atoms with Crippen LogP contribution in [0.5, 0.6) is 5.75 Å². The van der Waals surface area contributed by atoms with E-state index >= 15 is 0 Å². The van der Waals surface area contributed by atoms with Crippen molar-refractivity contribution in [3.63, 3.8) is 0 Å². The Morgan fingerprint density at radius 1 is 1.23 bits per heavy atom. The van der Waals surface area contributed by atoms with E-state index in [4.69, 9.17) is 10.5 Å². The molecule has 0 saturated carbocycles. The molecule has 22 heavy (non-hydrogen) atoms. The summed E-state index contributed by atoms with van der Waals surface area (Å²) >= 11 is 0. The summed E-state index contributed by atoms with van der Waals surface area (Å²) < 4.78 is 5.55. The second kappa shape index (κ2) is 7.31. The number of carbonyl (C=O) groups excluding carboxylic acids is 1. The fourth-order valence-electron chi connectivity index (χ4n) is 1.88. The molecule has 4 heteroatoms. The second-order valence-electron chi connectivity index (χ2n) is 5.17. The second-order valence-corrected chi connectivity index (χ2v) is 5.17. The maximum atomic E-state index is 12.2. The molecule has 1 amide bonds. The largest absolute Gasteiger partial charge is 0.487 e. The van der Waals surface area contributed by atoms with Gasteiger partial charge >= 0.3 is 0 Å². The van der Waals surface area contributed by atoms with Crippen LogP contribution in [0.3, 0.4) is 0 Å². The SMILES string of the molecule is C=C(C)COc1cc(C(=O)NCc2ccccc2)ccc1N. The first kappa shape index (κ1) is 15.6. The standard InChI is InChI=1S/C18H20N2O2/c1-13(2)12-22-17-10-15(8-9-16(17)19)18(21)20-11-14-6-4-3-5-7-14/h3-10H,1,11-12,19H2,2H3,(H,20,21). The van der Waals surface area contributed by atoms with Crippen molar-refractivity contribution in [1.29, 1.82) is 0 Å². The minimum Gasteiger partial charge on any atom is -0.487 e. The first-order valence-electron chi connectivity index (χ1n) is 7.05. The van der Waals surface area contributed by atoms with Crippen molar-refractivity contribution >= 4 is 11.6 Å². The molecular formula is C18H20N2O2. The van der Waals surface area contributed by atoms with Gasteiger partial charge in [0.2, 0.25) is 0 Å². The normalized spacial score (nSPS) is 10.0. The highest BCUT2D eigenvalue weighted by Gasteiger charge is 2.09. The van der Waals surface area contributed by atoms with Crippen molar-refractivity contribution in [2.45, 2.75) is 13.5 Å². The van der Waals surface area contributed by atoms with Gasteiger partial charge in [0, 0.05) is 12.1 Å². The van der Waals surface area contributed by atoms with Gasteiger partial charge in [0.1, 0.15) is 12.4 Å². The zero-order valence-corrected chi connectivity index (χ0v) is 12.6. The molecule has 0 radical (unpaired) electrons. The molecule has 2 rings (SSSR count). The molecule has 3 N–H and O–H groups in total. The van der Waals surface area contributed by atoms with Gasteiger partial charge in [-0.25, -0.2) is 0 Å². The summed E-state index contributed by atoms with van der Waals surface area (Å²) in [7, 11) is 0. The van der Waals surface area contributed by atoms with E-state index in [-0.39, 0.29) is 5.91 Å². The fraction of sp³-hybridized carbons (Fsp3) is 0.167. The number of anilines is 1. The summed E-state index contributed by atoms with van der Waals surface area (Å²) in [6.07, 6.45) is 0. The van der Waals surface area contributed by atoms with Crippen LogP contribution in [0, 0.1) is 0 Å². The van der Waals surface area contributed by atoms with Crippen LogP contribution in [0.2, 0.25) is 0 Å². The lowest BCUT2D eigenvalue weighted by Gasteiger charge is -2.11. The lowest BCUT2D eigenvalue weighted by Crippen LogP contribution is -2.22. The Hall–Kier alpha value is -2.75. The average Bonchev–Trinajstić information content (AvgIpc) is 2.52. The summed E-state index contributed by atoms with van der Waals surface area (Å²) in [6, 6.07) is 14.8. The zero-order valence-electron chi connectivity index (χ0n) is 12.6. The van der Waals surface area contributed by atoms with E-state index in [0.717, 1.165) is 11.1 Å². The number of nitrogen functional groups attached to an aromatic ring is 1. The number of nitrogens with one attached hydrogen (secondary N) is 1. The summed E-state index contributed by atoms with van der Waals surface area (Å²) in [5.74, 6) is 0.333. The Kier molecular flexibility index (Phi) is 5.20. The Labute approximate surface area is 130 Å². The minimum absolute atomic E-state index is 0.163. The Balaban J connectivity index is 2.03. The fourth-order valence-corrected chi connectivity index (χ4v) is 1.88. The number of nitrogens with two attached hydrogens (primary N) is 1. The van der Waals surface area contributed by atoms with E-state index in [2.05, 4.69) is 11.9 Å². The Morgan fingerprint density at radius 3 is 2.64 bits per heavy atom. The van der Waals surface area contributed by atoms with E-state index in [1.165, 1.54) is 0 Å². The molecule has 0 aliphatic rings. The maximum Gasteiger partial charge on any atom is 0.251 e. The number of hydrogen-bond donors (Lipinski definition) is 2. The van der Waals surface area contributed by atoms with Crippen LogP contribution < -0.4 is 15.8 Å². The summed E-state index contributed by atoms with van der Waals surface area (Å²) in [5.41, 5.74) is 8.80. The molecule has 0 saturated heterocycles. The molecule has 4 nitrogen and oxygen atoms in total. The highest BCUT2D eigenvalue weighted by atomic mass is 16.5. The summed E-state index contributed by atoms with van der Waals surface area (Å²) in [5, 5.41) is 2.87. The molecule has 114 valence electrons. The summed E-state index contributed by atoms with van der Waals surface area (Å²) in [6.45, 7) is 6.50. The van der Waals surface area contributed by atoms with Crippen molar-refractivity contribution in [3.05, 3.63) is 71.8 Å². The van der Waals surface area contributed by atoms with Gasteiger partial charge in [0.05, 0.1) is 5.69 Å². The smallest absolute Gasteiger partial charge is 0.251 e. The van der Waals surface area contributed by atoms with Crippen molar-refractivity contribution in [2.75, 3.05) is 12.3 Å². The van der Waals surface area contributed by atoms with E-state index in [0.29, 0.717) is 30.2 Å². The van der Waals surface area contributed by atoms with Gasteiger partial charge in [-0.1, -0.05) is 36.9 Å². The van der Waals surface area contributed by atoms with Gasteiger partial charge in [0.15, 0.2) is 0 Å². The molecule has 0 bridgehead atoms. The average molecular weight is 296 g/mol. The van der Waals surface area contributed by atoms with E-state index in [9.17, 15) is 4.79 Å². The first-order chi connectivity index (χ1) is 10.6. The van der Waals surface area contributed by atoms with Gasteiger partial charge in [-0.2, -0.15) is 0 Å². The van der Waals surface area contributed by atoms with Crippen LogP contribution in [-0.4, -0.2) is 12.5 Å².